The summed E-state index contributed by atoms with van der Waals surface area (Å²) in [5.74, 6) is 0.548. The number of phenolic OH excluding ortho intramolecular Hbond substituents is 2. The minimum absolute atomic E-state index is 0.274. The highest BCUT2D eigenvalue weighted by Gasteiger charge is 2.41. The molecule has 34 heavy (non-hydrogen) atoms. The van der Waals surface area contributed by atoms with Crippen LogP contribution in [-0.4, -0.2) is 10.2 Å². The van der Waals surface area contributed by atoms with Crippen molar-refractivity contribution in [3.8, 4) is 11.5 Å². The van der Waals surface area contributed by atoms with E-state index in [2.05, 4.69) is 72.8 Å². The van der Waals surface area contributed by atoms with Crippen molar-refractivity contribution in [1.82, 2.24) is 0 Å². The molecule has 0 fully saturated rings. The van der Waals surface area contributed by atoms with Crippen LogP contribution in [0.1, 0.15) is 35.1 Å². The second-order valence-corrected chi connectivity index (χ2v) is 9.61. The number of aryl methyl sites for hydroxylation is 1. The van der Waals surface area contributed by atoms with Crippen molar-refractivity contribution in [1.29, 1.82) is 0 Å². The molecule has 7 rings (SSSR count). The van der Waals surface area contributed by atoms with Crippen LogP contribution in [0.15, 0.2) is 97.1 Å². The number of hydrogen-bond donors (Lipinski definition) is 2. The Morgan fingerprint density at radius 3 is 1.82 bits per heavy atom. The molecule has 6 aromatic carbocycles. The van der Waals surface area contributed by atoms with Crippen molar-refractivity contribution in [2.45, 2.75) is 24.7 Å². The van der Waals surface area contributed by atoms with E-state index in [9.17, 15) is 10.2 Å². The summed E-state index contributed by atoms with van der Waals surface area (Å²) >= 11 is 0. The fourth-order valence-electron chi connectivity index (χ4n) is 6.44. The highest BCUT2D eigenvalue weighted by atomic mass is 16.3. The Hall–Kier alpha value is -4.04. The van der Waals surface area contributed by atoms with Gasteiger partial charge in [0, 0.05) is 5.41 Å². The highest BCUT2D eigenvalue weighted by molar-refractivity contribution is 6.23. The molecule has 0 radical (unpaired) electrons. The molecule has 0 atom stereocenters. The molecule has 2 nitrogen and oxygen atoms in total. The van der Waals surface area contributed by atoms with E-state index < -0.39 is 0 Å². The Labute approximate surface area is 198 Å². The van der Waals surface area contributed by atoms with Gasteiger partial charge in [0.25, 0.3) is 0 Å². The molecule has 164 valence electrons. The summed E-state index contributed by atoms with van der Waals surface area (Å²) in [6, 6.07) is 33.4. The topological polar surface area (TPSA) is 40.5 Å². The molecule has 0 aliphatic heterocycles. The van der Waals surface area contributed by atoms with Gasteiger partial charge in [-0.2, -0.15) is 0 Å². The molecule has 2 N–H and O–H groups in total. The fourth-order valence-corrected chi connectivity index (χ4v) is 6.44. The van der Waals surface area contributed by atoms with Crippen LogP contribution in [0.25, 0.3) is 32.3 Å². The van der Waals surface area contributed by atoms with Crippen molar-refractivity contribution >= 4 is 32.3 Å². The maximum absolute atomic E-state index is 10.0. The smallest absolute Gasteiger partial charge is 0.115 e. The Morgan fingerprint density at radius 1 is 0.588 bits per heavy atom. The first-order valence-corrected chi connectivity index (χ1v) is 11.9. The number of aromatic hydroxyl groups is 2. The second kappa shape index (κ2) is 6.98. The molecule has 0 unspecified atom stereocenters. The molecule has 0 saturated carbocycles. The van der Waals surface area contributed by atoms with Crippen LogP contribution in [0.3, 0.4) is 0 Å². The van der Waals surface area contributed by atoms with E-state index in [0.29, 0.717) is 0 Å². The summed E-state index contributed by atoms with van der Waals surface area (Å²) in [7, 11) is 0. The van der Waals surface area contributed by atoms with Crippen molar-refractivity contribution in [3.63, 3.8) is 0 Å². The zero-order valence-corrected chi connectivity index (χ0v) is 18.8. The predicted octanol–water partition coefficient (Wildman–Crippen LogP) is 7.67. The molecule has 0 bridgehead atoms. The molecule has 2 heteroatoms. The number of phenols is 2. The minimum atomic E-state index is -0.348. The molecule has 0 heterocycles. The van der Waals surface area contributed by atoms with Gasteiger partial charge in [-0.15, -0.1) is 0 Å². The third kappa shape index (κ3) is 2.57. The van der Waals surface area contributed by atoms with Crippen LogP contribution in [0.5, 0.6) is 11.5 Å². The maximum Gasteiger partial charge on any atom is 0.115 e. The normalized spacial score (nSPS) is 15.2. The van der Waals surface area contributed by atoms with Crippen LogP contribution < -0.4 is 0 Å². The summed E-state index contributed by atoms with van der Waals surface area (Å²) in [6.07, 6.45) is 3.09. The first-order chi connectivity index (χ1) is 16.6. The quantitative estimate of drug-likeness (QED) is 0.271. The average Bonchev–Trinajstić information content (AvgIpc) is 2.87. The zero-order valence-electron chi connectivity index (χ0n) is 18.8. The lowest BCUT2D eigenvalue weighted by molar-refractivity contribution is 0.469. The molecular formula is C32H24O2. The van der Waals surface area contributed by atoms with Crippen molar-refractivity contribution in [2.75, 3.05) is 0 Å². The number of fused-ring (bicyclic) bond motifs is 2. The second-order valence-electron chi connectivity index (χ2n) is 9.61. The van der Waals surface area contributed by atoms with E-state index in [4.69, 9.17) is 0 Å². The third-order valence-electron chi connectivity index (χ3n) is 7.92. The van der Waals surface area contributed by atoms with Crippen molar-refractivity contribution in [2.24, 2.45) is 0 Å². The summed E-state index contributed by atoms with van der Waals surface area (Å²) in [5, 5.41) is 28.0. The van der Waals surface area contributed by atoms with Gasteiger partial charge in [-0.05, 0) is 104 Å². The molecule has 0 spiro atoms. The molecular weight excluding hydrogens is 416 g/mol. The predicted molar refractivity (Wildman–Crippen MR) is 139 cm³/mol. The van der Waals surface area contributed by atoms with Gasteiger partial charge in [0.1, 0.15) is 11.5 Å². The van der Waals surface area contributed by atoms with Gasteiger partial charge in [0.2, 0.25) is 0 Å². The summed E-state index contributed by atoms with van der Waals surface area (Å²) < 4.78 is 0. The number of hydrogen-bond acceptors (Lipinski definition) is 2. The number of rotatable bonds is 2. The Bertz CT molecular complexity index is 1620. The number of benzene rings is 6. The van der Waals surface area contributed by atoms with Gasteiger partial charge in [-0.25, -0.2) is 0 Å². The lowest BCUT2D eigenvalue weighted by Crippen LogP contribution is -2.33. The summed E-state index contributed by atoms with van der Waals surface area (Å²) in [5.41, 5.74) is 4.74. The van der Waals surface area contributed by atoms with E-state index in [-0.39, 0.29) is 16.9 Å². The Kier molecular flexibility index (Phi) is 3.99. The van der Waals surface area contributed by atoms with Gasteiger partial charge < -0.3 is 10.2 Å². The molecule has 6 aromatic rings. The lowest BCUT2D eigenvalue weighted by atomic mass is 9.61. The monoisotopic (exact) mass is 440 g/mol. The lowest BCUT2D eigenvalue weighted by Gasteiger charge is -2.41. The van der Waals surface area contributed by atoms with Crippen LogP contribution in [0.4, 0.5) is 0 Å². The SMILES string of the molecule is Oc1ccc(C2(c3ccc(O)cc3)CCCc3c2cc2ccc4cccc5ccc3c2c45)cc1. The standard InChI is InChI=1S/C32H24O2/c33-25-13-9-23(10-14-25)32(24-11-15-26(34)16-12-24)18-2-5-27-28-17-8-21-4-1-3-20-6-7-22(19-29(27)32)31(28)30(20)21/h1,3-4,6-17,19,33-34H,2,5,18H2. The van der Waals surface area contributed by atoms with Crippen LogP contribution >= 0.6 is 0 Å². The molecule has 0 saturated heterocycles. The average molecular weight is 441 g/mol. The summed E-state index contributed by atoms with van der Waals surface area (Å²) in [4.78, 5) is 0. The Morgan fingerprint density at radius 2 is 1.18 bits per heavy atom. The van der Waals surface area contributed by atoms with E-state index >= 15 is 0 Å². The molecule has 0 aromatic heterocycles. The third-order valence-corrected chi connectivity index (χ3v) is 7.92. The zero-order chi connectivity index (χ0) is 22.9. The molecule has 0 amide bonds. The van der Waals surface area contributed by atoms with Crippen LogP contribution in [0.2, 0.25) is 0 Å². The van der Waals surface area contributed by atoms with E-state index in [1.54, 1.807) is 24.3 Å². The first kappa shape index (κ1) is 19.4. The van der Waals surface area contributed by atoms with Crippen LogP contribution in [-0.2, 0) is 11.8 Å². The maximum atomic E-state index is 10.0. The van der Waals surface area contributed by atoms with E-state index in [1.807, 2.05) is 0 Å². The fraction of sp³-hybridized carbons (Fsp3) is 0.125. The first-order valence-electron chi connectivity index (χ1n) is 11.9. The van der Waals surface area contributed by atoms with Crippen molar-refractivity contribution in [3.05, 3.63) is 119 Å². The molecule has 1 aliphatic carbocycles. The highest BCUT2D eigenvalue weighted by Crippen LogP contribution is 2.51. The van der Waals surface area contributed by atoms with Gasteiger partial charge in [-0.1, -0.05) is 66.7 Å². The van der Waals surface area contributed by atoms with Gasteiger partial charge in [0.05, 0.1) is 0 Å². The van der Waals surface area contributed by atoms with Gasteiger partial charge in [-0.3, -0.25) is 0 Å². The van der Waals surface area contributed by atoms with Gasteiger partial charge >= 0.3 is 0 Å². The Balaban J connectivity index is 1.62. The van der Waals surface area contributed by atoms with E-state index in [0.717, 1.165) is 19.3 Å². The largest absolute Gasteiger partial charge is 0.508 e. The van der Waals surface area contributed by atoms with Crippen molar-refractivity contribution < 1.29 is 10.2 Å². The van der Waals surface area contributed by atoms with Crippen LogP contribution in [0, 0.1) is 0 Å². The molecule has 1 aliphatic rings. The van der Waals surface area contributed by atoms with E-state index in [1.165, 1.54) is 54.6 Å². The minimum Gasteiger partial charge on any atom is -0.508 e. The summed E-state index contributed by atoms with van der Waals surface area (Å²) in [6.45, 7) is 0. The van der Waals surface area contributed by atoms with Gasteiger partial charge in [0.15, 0.2) is 0 Å².